The third-order valence-corrected chi connectivity index (χ3v) is 6.56. The molecule has 0 fully saturated rings. The van der Waals surface area contributed by atoms with Gasteiger partial charge in [-0.05, 0) is 36.1 Å². The summed E-state index contributed by atoms with van der Waals surface area (Å²) in [4.78, 5) is 15.9. The number of amides is 1. The van der Waals surface area contributed by atoms with Crippen LogP contribution in [0.25, 0.3) is 4.96 Å². The van der Waals surface area contributed by atoms with Crippen LogP contribution in [0.4, 0.5) is 0 Å². The standard InChI is InChI=1S/C15H12ClN3O4S2/c16-12-14(19-5-6-24-15(19)18-12)25(21,22)23-9-2-4-10-8(7-9)1-3-11(10)13(17)20/h2,4-7,11H,1,3H2,(H2,17,20). The number of aromatic nitrogens is 2. The molecule has 2 aromatic heterocycles. The summed E-state index contributed by atoms with van der Waals surface area (Å²) in [7, 11) is -4.16. The van der Waals surface area contributed by atoms with Crippen molar-refractivity contribution in [1.82, 2.24) is 9.38 Å². The van der Waals surface area contributed by atoms with Crippen molar-refractivity contribution in [2.24, 2.45) is 5.73 Å². The van der Waals surface area contributed by atoms with E-state index in [0.29, 0.717) is 17.8 Å². The fourth-order valence-electron chi connectivity index (χ4n) is 3.07. The molecule has 4 rings (SSSR count). The highest BCUT2D eigenvalue weighted by Gasteiger charge is 2.30. The Morgan fingerprint density at radius 3 is 3.00 bits per heavy atom. The average molecular weight is 398 g/mol. The van der Waals surface area contributed by atoms with Crippen LogP contribution in [0.3, 0.4) is 0 Å². The summed E-state index contributed by atoms with van der Waals surface area (Å²) < 4.78 is 31.9. The molecule has 0 spiro atoms. The van der Waals surface area contributed by atoms with Crippen LogP contribution in [0.2, 0.25) is 5.15 Å². The first-order valence-electron chi connectivity index (χ1n) is 7.34. The van der Waals surface area contributed by atoms with Crippen LogP contribution in [-0.2, 0) is 21.3 Å². The summed E-state index contributed by atoms with van der Waals surface area (Å²) >= 11 is 7.24. The van der Waals surface area contributed by atoms with Crippen LogP contribution in [0.15, 0.2) is 34.8 Å². The second-order valence-corrected chi connectivity index (χ2v) is 8.35. The van der Waals surface area contributed by atoms with E-state index in [4.69, 9.17) is 21.5 Å². The highest BCUT2D eigenvalue weighted by molar-refractivity contribution is 7.87. The van der Waals surface area contributed by atoms with Gasteiger partial charge in [0.15, 0.2) is 10.1 Å². The number of hydrogen-bond acceptors (Lipinski definition) is 6. The molecule has 1 aliphatic rings. The van der Waals surface area contributed by atoms with Crippen molar-refractivity contribution < 1.29 is 17.4 Å². The van der Waals surface area contributed by atoms with E-state index in [1.54, 1.807) is 23.7 Å². The lowest BCUT2D eigenvalue weighted by Crippen LogP contribution is -2.19. The third kappa shape index (κ3) is 2.68. The van der Waals surface area contributed by atoms with Crippen molar-refractivity contribution in [2.75, 3.05) is 0 Å². The molecule has 0 radical (unpaired) electrons. The van der Waals surface area contributed by atoms with E-state index in [9.17, 15) is 13.2 Å². The SMILES string of the molecule is NC(=O)C1CCc2cc(OS(=O)(=O)c3c(Cl)nc4sccn34)ccc21. The van der Waals surface area contributed by atoms with Gasteiger partial charge in [0.05, 0.1) is 5.92 Å². The number of fused-ring (bicyclic) bond motifs is 2. The lowest BCUT2D eigenvalue weighted by Gasteiger charge is -2.10. The minimum atomic E-state index is -4.16. The number of aryl methyl sites for hydroxylation is 1. The molecule has 25 heavy (non-hydrogen) atoms. The van der Waals surface area contributed by atoms with E-state index >= 15 is 0 Å². The number of nitrogens with two attached hydrogens (primary N) is 1. The Labute approximate surface area is 152 Å². The fraction of sp³-hybridized carbons (Fsp3) is 0.200. The van der Waals surface area contributed by atoms with Gasteiger partial charge >= 0.3 is 10.1 Å². The molecule has 3 aromatic rings. The normalized spacial score (nSPS) is 16.9. The lowest BCUT2D eigenvalue weighted by atomic mass is 10.0. The van der Waals surface area contributed by atoms with Crippen molar-refractivity contribution in [1.29, 1.82) is 0 Å². The maximum absolute atomic E-state index is 12.6. The summed E-state index contributed by atoms with van der Waals surface area (Å²) in [5, 5.41) is 1.36. The van der Waals surface area contributed by atoms with Crippen LogP contribution in [0, 0.1) is 0 Å². The Morgan fingerprint density at radius 2 is 2.24 bits per heavy atom. The molecule has 1 aliphatic carbocycles. The third-order valence-electron chi connectivity index (χ3n) is 4.16. The van der Waals surface area contributed by atoms with E-state index < -0.39 is 10.1 Å². The Balaban J connectivity index is 1.69. The number of nitrogens with zero attached hydrogens (tertiary/aromatic N) is 2. The van der Waals surface area contributed by atoms with Crippen LogP contribution in [0.5, 0.6) is 5.75 Å². The zero-order valence-electron chi connectivity index (χ0n) is 12.7. The maximum atomic E-state index is 12.6. The molecule has 1 aromatic carbocycles. The maximum Gasteiger partial charge on any atom is 0.358 e. The molecule has 10 heteroatoms. The smallest absolute Gasteiger partial charge is 0.358 e. The average Bonchev–Trinajstić information content (AvgIpc) is 3.19. The molecule has 0 bridgehead atoms. The van der Waals surface area contributed by atoms with Gasteiger partial charge in [-0.25, -0.2) is 4.98 Å². The Kier molecular flexibility index (Phi) is 3.75. The molecule has 1 amide bonds. The van der Waals surface area contributed by atoms with Crippen LogP contribution < -0.4 is 9.92 Å². The quantitative estimate of drug-likeness (QED) is 0.680. The molecular formula is C15H12ClN3O4S2. The molecule has 1 atom stereocenters. The molecule has 0 saturated carbocycles. The van der Waals surface area contributed by atoms with Crippen molar-refractivity contribution in [3.05, 3.63) is 46.1 Å². The van der Waals surface area contributed by atoms with E-state index in [-0.39, 0.29) is 27.8 Å². The largest absolute Gasteiger partial charge is 0.378 e. The fourth-order valence-corrected chi connectivity index (χ4v) is 5.42. The van der Waals surface area contributed by atoms with Crippen molar-refractivity contribution in [3.8, 4) is 5.75 Å². The number of primary amides is 1. The summed E-state index contributed by atoms with van der Waals surface area (Å²) in [5.41, 5.74) is 7.06. The van der Waals surface area contributed by atoms with Gasteiger partial charge in [0, 0.05) is 11.6 Å². The second kappa shape index (κ2) is 5.72. The predicted octanol–water partition coefficient (Wildman–Crippen LogP) is 2.33. The topological polar surface area (TPSA) is 104 Å². The van der Waals surface area contributed by atoms with Gasteiger partial charge in [-0.2, -0.15) is 8.42 Å². The van der Waals surface area contributed by atoms with Crippen molar-refractivity contribution in [2.45, 2.75) is 23.8 Å². The number of carbonyl (C=O) groups is 1. The number of rotatable bonds is 4. The molecule has 130 valence electrons. The van der Waals surface area contributed by atoms with Crippen LogP contribution in [0.1, 0.15) is 23.5 Å². The van der Waals surface area contributed by atoms with E-state index in [0.717, 1.165) is 11.1 Å². The van der Waals surface area contributed by atoms with Gasteiger partial charge < -0.3 is 9.92 Å². The molecule has 7 nitrogen and oxygen atoms in total. The van der Waals surface area contributed by atoms with Gasteiger partial charge in [0.1, 0.15) is 5.75 Å². The number of halogens is 1. The Hall–Kier alpha value is -2.10. The molecule has 0 saturated heterocycles. The number of hydrogen-bond donors (Lipinski definition) is 1. The molecular weight excluding hydrogens is 386 g/mol. The Bertz CT molecular complexity index is 1100. The van der Waals surface area contributed by atoms with E-state index in [1.807, 2.05) is 0 Å². The second-order valence-electron chi connectivity index (χ2n) is 5.66. The molecule has 1 unspecified atom stereocenters. The van der Waals surface area contributed by atoms with E-state index in [2.05, 4.69) is 4.98 Å². The van der Waals surface area contributed by atoms with E-state index in [1.165, 1.54) is 21.8 Å². The summed E-state index contributed by atoms with van der Waals surface area (Å²) in [5.74, 6) is -0.564. The number of benzene rings is 1. The summed E-state index contributed by atoms with van der Waals surface area (Å²) in [6.45, 7) is 0. The van der Waals surface area contributed by atoms with Gasteiger partial charge in [-0.1, -0.05) is 17.7 Å². The summed E-state index contributed by atoms with van der Waals surface area (Å²) in [6.07, 6.45) is 2.82. The summed E-state index contributed by atoms with van der Waals surface area (Å²) in [6, 6.07) is 4.81. The molecule has 2 N–H and O–H groups in total. The minimum absolute atomic E-state index is 0.137. The number of thiazole rings is 1. The van der Waals surface area contributed by atoms with Crippen LogP contribution >= 0.6 is 22.9 Å². The highest BCUT2D eigenvalue weighted by atomic mass is 35.5. The van der Waals surface area contributed by atoms with Gasteiger partial charge in [0.25, 0.3) is 0 Å². The van der Waals surface area contributed by atoms with Crippen LogP contribution in [-0.4, -0.2) is 23.7 Å². The first kappa shape index (κ1) is 16.4. The first-order valence-corrected chi connectivity index (χ1v) is 10.0. The van der Waals surface area contributed by atoms with Gasteiger partial charge in [-0.15, -0.1) is 11.3 Å². The zero-order valence-corrected chi connectivity index (χ0v) is 15.1. The van der Waals surface area contributed by atoms with Crippen molar-refractivity contribution >= 4 is 43.9 Å². The Morgan fingerprint density at radius 1 is 1.44 bits per heavy atom. The lowest BCUT2D eigenvalue weighted by molar-refractivity contribution is -0.119. The molecule has 2 heterocycles. The minimum Gasteiger partial charge on any atom is -0.378 e. The highest BCUT2D eigenvalue weighted by Crippen LogP contribution is 2.36. The first-order chi connectivity index (χ1) is 11.9. The monoisotopic (exact) mass is 397 g/mol. The molecule has 0 aliphatic heterocycles. The number of imidazole rings is 1. The number of carbonyl (C=O) groups excluding carboxylic acids is 1. The van der Waals surface area contributed by atoms with Gasteiger partial charge in [0.2, 0.25) is 10.9 Å². The predicted molar refractivity (Wildman–Crippen MR) is 92.6 cm³/mol. The van der Waals surface area contributed by atoms with Crippen molar-refractivity contribution in [3.63, 3.8) is 0 Å². The van der Waals surface area contributed by atoms with Gasteiger partial charge in [-0.3, -0.25) is 9.20 Å². The zero-order chi connectivity index (χ0) is 17.8.